The molecule has 0 aliphatic heterocycles. The molecule has 11 heteroatoms. The van der Waals surface area contributed by atoms with Gasteiger partial charge in [-0.2, -0.15) is 0 Å². The molecule has 10 nitrogen and oxygen atoms in total. The normalized spacial score (nSPS) is 14.4. The van der Waals surface area contributed by atoms with Crippen LogP contribution in [0.1, 0.15) is 84.3 Å². The van der Waals surface area contributed by atoms with Gasteiger partial charge in [-0.05, 0) is 80.4 Å². The lowest BCUT2D eigenvalue weighted by Gasteiger charge is -2.39. The molecule has 0 heterocycles. The van der Waals surface area contributed by atoms with E-state index >= 15 is 0 Å². The Labute approximate surface area is 273 Å². The SMILES string of the molecule is CC(C)(C)OC(=O)[C@H](CC(=O)NCCCC[C@H](NC(=O)OCC1c2ccccc2-c2ccccc21)C(=O)O)O[Si](C)(C)C(C)(C)C. The van der Waals surface area contributed by atoms with E-state index in [1.165, 1.54) is 0 Å². The van der Waals surface area contributed by atoms with Crippen molar-refractivity contribution in [3.8, 4) is 11.1 Å². The topological polar surface area (TPSA) is 140 Å². The van der Waals surface area contributed by atoms with Gasteiger partial charge >= 0.3 is 18.0 Å². The van der Waals surface area contributed by atoms with Gasteiger partial charge < -0.3 is 29.6 Å². The number of hydrogen-bond acceptors (Lipinski definition) is 7. The molecular weight excluding hydrogens is 604 g/mol. The Morgan fingerprint density at radius 2 is 1.46 bits per heavy atom. The van der Waals surface area contributed by atoms with Crippen molar-refractivity contribution in [1.82, 2.24) is 10.6 Å². The molecule has 0 spiro atoms. The van der Waals surface area contributed by atoms with E-state index in [9.17, 15) is 24.3 Å². The van der Waals surface area contributed by atoms with Gasteiger partial charge in [0.15, 0.2) is 14.4 Å². The van der Waals surface area contributed by atoms with Gasteiger partial charge in [-0.25, -0.2) is 14.4 Å². The average Bonchev–Trinajstić information content (AvgIpc) is 3.26. The summed E-state index contributed by atoms with van der Waals surface area (Å²) in [6, 6.07) is 14.8. The maximum Gasteiger partial charge on any atom is 0.407 e. The van der Waals surface area contributed by atoms with Gasteiger partial charge in [0, 0.05) is 12.5 Å². The summed E-state index contributed by atoms with van der Waals surface area (Å²) in [5.74, 6) is -2.23. The van der Waals surface area contributed by atoms with E-state index in [-0.39, 0.29) is 42.9 Å². The number of alkyl carbamates (subject to hydrolysis) is 1. The first-order chi connectivity index (χ1) is 21.4. The smallest absolute Gasteiger partial charge is 0.407 e. The fourth-order valence-electron chi connectivity index (χ4n) is 5.05. The number of ether oxygens (including phenoxy) is 2. The van der Waals surface area contributed by atoms with E-state index < -0.39 is 44.1 Å². The van der Waals surface area contributed by atoms with Crippen molar-refractivity contribution in [2.45, 2.75) is 109 Å². The fourth-order valence-corrected chi connectivity index (χ4v) is 6.30. The number of rotatable bonds is 14. The largest absolute Gasteiger partial charge is 0.480 e. The molecule has 0 saturated heterocycles. The third kappa shape index (κ3) is 10.2. The minimum Gasteiger partial charge on any atom is -0.480 e. The number of amides is 2. The molecule has 0 bridgehead atoms. The molecule has 3 rings (SSSR count). The average molecular weight is 655 g/mol. The highest BCUT2D eigenvalue weighted by atomic mass is 28.4. The Hall–Kier alpha value is -3.70. The van der Waals surface area contributed by atoms with Crippen LogP contribution in [0.5, 0.6) is 0 Å². The number of carboxylic acids is 1. The first kappa shape index (κ1) is 36.8. The van der Waals surface area contributed by atoms with Crippen LogP contribution in [0.4, 0.5) is 4.79 Å². The van der Waals surface area contributed by atoms with Crippen molar-refractivity contribution < 1.29 is 38.2 Å². The highest BCUT2D eigenvalue weighted by Crippen LogP contribution is 2.44. The van der Waals surface area contributed by atoms with Crippen molar-refractivity contribution in [2.24, 2.45) is 0 Å². The zero-order chi connectivity index (χ0) is 34.3. The van der Waals surface area contributed by atoms with Crippen molar-refractivity contribution >= 4 is 32.3 Å². The van der Waals surface area contributed by atoms with E-state index in [2.05, 4.69) is 31.4 Å². The van der Waals surface area contributed by atoms with Crippen LogP contribution < -0.4 is 10.6 Å². The van der Waals surface area contributed by atoms with Gasteiger partial charge in [0.05, 0.1) is 6.42 Å². The van der Waals surface area contributed by atoms with Crippen molar-refractivity contribution in [1.29, 1.82) is 0 Å². The van der Waals surface area contributed by atoms with Gasteiger partial charge in [-0.1, -0.05) is 69.3 Å². The monoisotopic (exact) mass is 654 g/mol. The van der Waals surface area contributed by atoms with Crippen LogP contribution in [0.25, 0.3) is 11.1 Å². The second kappa shape index (κ2) is 15.3. The lowest BCUT2D eigenvalue weighted by atomic mass is 9.98. The minimum atomic E-state index is -2.38. The number of carbonyl (C=O) groups is 4. The van der Waals surface area contributed by atoms with Crippen molar-refractivity contribution in [3.63, 3.8) is 0 Å². The number of unbranched alkanes of at least 4 members (excludes halogenated alkanes) is 1. The maximum absolute atomic E-state index is 12.9. The predicted octanol–water partition coefficient (Wildman–Crippen LogP) is 6.39. The van der Waals surface area contributed by atoms with Gasteiger partial charge in [0.2, 0.25) is 5.91 Å². The summed E-state index contributed by atoms with van der Waals surface area (Å²) in [6.45, 7) is 15.8. The lowest BCUT2D eigenvalue weighted by Crippen LogP contribution is -2.48. The van der Waals surface area contributed by atoms with Crippen LogP contribution in [-0.4, -0.2) is 68.3 Å². The minimum absolute atomic E-state index is 0.0850. The Balaban J connectivity index is 1.46. The summed E-state index contributed by atoms with van der Waals surface area (Å²) in [5, 5.41) is 14.8. The van der Waals surface area contributed by atoms with E-state index in [1.807, 2.05) is 61.6 Å². The van der Waals surface area contributed by atoms with Crippen LogP contribution in [0.2, 0.25) is 18.1 Å². The van der Waals surface area contributed by atoms with Gasteiger partial charge in [-0.15, -0.1) is 0 Å². The molecule has 1 aliphatic rings. The molecule has 3 N–H and O–H groups in total. The summed E-state index contributed by atoms with van der Waals surface area (Å²) < 4.78 is 17.3. The number of carbonyl (C=O) groups excluding carboxylic acids is 3. The van der Waals surface area contributed by atoms with Gasteiger partial charge in [0.25, 0.3) is 0 Å². The Kier molecular flexibility index (Phi) is 12.2. The third-order valence-electron chi connectivity index (χ3n) is 8.46. The number of nitrogens with one attached hydrogen (secondary N) is 2. The summed E-state index contributed by atoms with van der Waals surface area (Å²) >= 11 is 0. The number of fused-ring (bicyclic) bond motifs is 3. The fraction of sp³-hybridized carbons (Fsp3) is 0.543. The number of esters is 1. The van der Waals surface area contributed by atoms with E-state index in [0.29, 0.717) is 12.8 Å². The molecular formula is C35H50N2O8Si. The quantitative estimate of drug-likeness (QED) is 0.121. The molecule has 2 aromatic rings. The van der Waals surface area contributed by atoms with Gasteiger partial charge in [0.1, 0.15) is 18.2 Å². The standard InChI is InChI=1S/C35H50N2O8Si/c1-34(2,3)44-32(41)29(45-46(7,8)35(4,5)6)21-30(38)36-20-14-13-19-28(31(39)40)37-33(42)43-22-27-25-17-11-9-15-23(25)24-16-10-12-18-26(24)27/h9-12,15-18,27-29H,13-14,19-22H2,1-8H3,(H,36,38)(H,37,42)(H,39,40)/t28-,29-/m0/s1. The predicted molar refractivity (Wildman–Crippen MR) is 179 cm³/mol. The van der Waals surface area contributed by atoms with Crippen LogP contribution in [0, 0.1) is 0 Å². The molecule has 0 unspecified atom stereocenters. The van der Waals surface area contributed by atoms with E-state index in [4.69, 9.17) is 13.9 Å². The first-order valence-corrected chi connectivity index (χ1v) is 18.8. The summed E-state index contributed by atoms with van der Waals surface area (Å²) in [7, 11) is -2.38. The maximum atomic E-state index is 12.9. The molecule has 252 valence electrons. The second-order valence-electron chi connectivity index (χ2n) is 14.3. The zero-order valence-corrected chi connectivity index (χ0v) is 29.4. The van der Waals surface area contributed by atoms with Gasteiger partial charge in [-0.3, -0.25) is 4.79 Å². The van der Waals surface area contributed by atoms with Crippen LogP contribution >= 0.6 is 0 Å². The molecule has 0 aromatic heterocycles. The summed E-state index contributed by atoms with van der Waals surface area (Å²) in [6.07, 6.45) is -0.943. The molecule has 0 fully saturated rings. The highest BCUT2D eigenvalue weighted by molar-refractivity contribution is 6.74. The molecule has 0 saturated carbocycles. The Morgan fingerprint density at radius 3 is 1.98 bits per heavy atom. The molecule has 2 aromatic carbocycles. The number of benzene rings is 2. The first-order valence-electron chi connectivity index (χ1n) is 15.9. The molecule has 2 amide bonds. The number of aliphatic carboxylic acids is 1. The Morgan fingerprint density at radius 1 is 0.891 bits per heavy atom. The summed E-state index contributed by atoms with van der Waals surface area (Å²) in [4.78, 5) is 50.2. The summed E-state index contributed by atoms with van der Waals surface area (Å²) in [5.41, 5.74) is 3.61. The second-order valence-corrected chi connectivity index (χ2v) is 19.1. The Bertz CT molecular complexity index is 1350. The van der Waals surface area contributed by atoms with E-state index in [1.54, 1.807) is 20.8 Å². The third-order valence-corrected chi connectivity index (χ3v) is 12.9. The van der Waals surface area contributed by atoms with Crippen LogP contribution in [0.3, 0.4) is 0 Å². The highest BCUT2D eigenvalue weighted by Gasteiger charge is 2.42. The lowest BCUT2D eigenvalue weighted by molar-refractivity contribution is -0.165. The zero-order valence-electron chi connectivity index (χ0n) is 28.4. The number of hydrogen-bond donors (Lipinski definition) is 3. The van der Waals surface area contributed by atoms with Crippen molar-refractivity contribution in [3.05, 3.63) is 59.7 Å². The molecule has 0 radical (unpaired) electrons. The number of carboxylic acid groups (broad SMARTS) is 1. The van der Waals surface area contributed by atoms with E-state index in [0.717, 1.165) is 22.3 Å². The molecule has 46 heavy (non-hydrogen) atoms. The van der Waals surface area contributed by atoms with Crippen molar-refractivity contribution in [2.75, 3.05) is 13.2 Å². The van der Waals surface area contributed by atoms with Crippen LogP contribution in [0.15, 0.2) is 48.5 Å². The molecule has 1 aliphatic carbocycles. The molecule has 2 atom stereocenters. The van der Waals surface area contributed by atoms with Crippen LogP contribution in [-0.2, 0) is 28.3 Å².